The summed E-state index contributed by atoms with van der Waals surface area (Å²) in [6, 6.07) is 0. The number of thioether (sulfide) groups is 1. The number of nitrogens with one attached hydrogen (secondary N) is 1. The molecule has 1 amide bonds. The lowest BCUT2D eigenvalue weighted by atomic mass is 9.62. The fourth-order valence-electron chi connectivity index (χ4n) is 3.76. The Balaban J connectivity index is 1.96. The van der Waals surface area contributed by atoms with Gasteiger partial charge in [0.15, 0.2) is 0 Å². The monoisotopic (exact) mass is 225 g/mol. The van der Waals surface area contributed by atoms with Gasteiger partial charge < -0.3 is 5.32 Å². The van der Waals surface area contributed by atoms with Crippen molar-refractivity contribution in [2.45, 2.75) is 44.6 Å². The minimum atomic E-state index is 0.188. The summed E-state index contributed by atoms with van der Waals surface area (Å²) in [5, 5.41) is 3.36. The number of hydrogen-bond donors (Lipinski definition) is 1. The van der Waals surface area contributed by atoms with E-state index in [4.69, 9.17) is 0 Å². The predicted octanol–water partition coefficient (Wildman–Crippen LogP) is 2.19. The zero-order valence-electron chi connectivity index (χ0n) is 9.34. The van der Waals surface area contributed by atoms with Crippen molar-refractivity contribution in [3.8, 4) is 0 Å². The van der Waals surface area contributed by atoms with Crippen LogP contribution in [0.1, 0.15) is 39.0 Å². The van der Waals surface area contributed by atoms with Gasteiger partial charge >= 0.3 is 0 Å². The lowest BCUT2D eigenvalue weighted by Gasteiger charge is -2.54. The first-order valence-electron chi connectivity index (χ1n) is 6.10. The average molecular weight is 225 g/mol. The van der Waals surface area contributed by atoms with Gasteiger partial charge in [-0.15, -0.1) is 0 Å². The summed E-state index contributed by atoms with van der Waals surface area (Å²) in [7, 11) is 0. The Morgan fingerprint density at radius 2 is 1.93 bits per heavy atom. The Morgan fingerprint density at radius 3 is 2.47 bits per heavy atom. The third-order valence-corrected chi connectivity index (χ3v) is 6.40. The van der Waals surface area contributed by atoms with Crippen LogP contribution >= 0.6 is 11.8 Å². The highest BCUT2D eigenvalue weighted by Crippen LogP contribution is 2.59. The van der Waals surface area contributed by atoms with Gasteiger partial charge in [-0.2, -0.15) is 11.8 Å². The third-order valence-electron chi connectivity index (χ3n) is 4.96. The molecule has 2 aliphatic heterocycles. The van der Waals surface area contributed by atoms with E-state index < -0.39 is 0 Å². The standard InChI is InChI=1S/C12H19NOS/c1-9-10(14)13-12(5-3-2-4-6-12)11(9)7-15-8-11/h9H,2-8H2,1H3,(H,13,14). The number of hydrogen-bond acceptors (Lipinski definition) is 2. The summed E-state index contributed by atoms with van der Waals surface area (Å²) >= 11 is 2.01. The molecule has 1 aliphatic carbocycles. The lowest BCUT2D eigenvalue weighted by Crippen LogP contribution is -2.60. The third kappa shape index (κ3) is 1.10. The van der Waals surface area contributed by atoms with E-state index in [2.05, 4.69) is 12.2 Å². The molecule has 3 heteroatoms. The first-order chi connectivity index (χ1) is 7.20. The normalized spacial score (nSPS) is 36.6. The Hall–Kier alpha value is -0.180. The van der Waals surface area contributed by atoms with Crippen molar-refractivity contribution in [2.75, 3.05) is 11.5 Å². The molecule has 1 atom stereocenters. The van der Waals surface area contributed by atoms with Gasteiger partial charge in [0.25, 0.3) is 0 Å². The molecule has 3 rings (SSSR count). The van der Waals surface area contributed by atoms with Gasteiger partial charge in [0, 0.05) is 28.4 Å². The summed E-state index contributed by atoms with van der Waals surface area (Å²) in [5.74, 6) is 2.97. The van der Waals surface area contributed by atoms with Crippen molar-refractivity contribution in [3.05, 3.63) is 0 Å². The summed E-state index contributed by atoms with van der Waals surface area (Å²) in [6.45, 7) is 2.14. The first-order valence-corrected chi connectivity index (χ1v) is 7.26. The molecule has 2 heterocycles. The Kier molecular flexibility index (Phi) is 2.11. The molecule has 3 fully saturated rings. The van der Waals surface area contributed by atoms with Crippen LogP contribution in [0.3, 0.4) is 0 Å². The summed E-state index contributed by atoms with van der Waals surface area (Å²) in [5.41, 5.74) is 0.502. The molecule has 0 radical (unpaired) electrons. The van der Waals surface area contributed by atoms with Gasteiger partial charge in [0.05, 0.1) is 0 Å². The van der Waals surface area contributed by atoms with Crippen LogP contribution in [0.15, 0.2) is 0 Å². The van der Waals surface area contributed by atoms with E-state index >= 15 is 0 Å². The fraction of sp³-hybridized carbons (Fsp3) is 0.917. The van der Waals surface area contributed by atoms with Crippen LogP contribution < -0.4 is 5.32 Å². The van der Waals surface area contributed by atoms with E-state index in [-0.39, 0.29) is 11.5 Å². The van der Waals surface area contributed by atoms with E-state index in [1.54, 1.807) is 0 Å². The number of carbonyl (C=O) groups excluding carboxylic acids is 1. The summed E-state index contributed by atoms with van der Waals surface area (Å²) in [4.78, 5) is 11.9. The molecular formula is C12H19NOS. The maximum atomic E-state index is 11.9. The van der Waals surface area contributed by atoms with Gasteiger partial charge in [0.2, 0.25) is 5.91 Å². The fourth-order valence-corrected chi connectivity index (χ4v) is 5.46. The van der Waals surface area contributed by atoms with E-state index in [9.17, 15) is 4.79 Å². The van der Waals surface area contributed by atoms with Crippen molar-refractivity contribution in [1.29, 1.82) is 0 Å². The highest BCUT2D eigenvalue weighted by Gasteiger charge is 2.64. The van der Waals surface area contributed by atoms with Crippen LogP contribution in [0.2, 0.25) is 0 Å². The van der Waals surface area contributed by atoms with Gasteiger partial charge in [-0.1, -0.05) is 26.2 Å². The SMILES string of the molecule is CC1C(=O)NC2(CCCCC2)C12CSC2. The molecular weight excluding hydrogens is 206 g/mol. The van der Waals surface area contributed by atoms with Crippen molar-refractivity contribution in [1.82, 2.24) is 5.32 Å². The van der Waals surface area contributed by atoms with Crippen LogP contribution in [0.5, 0.6) is 0 Å². The van der Waals surface area contributed by atoms with Gasteiger partial charge in [-0.3, -0.25) is 4.79 Å². The van der Waals surface area contributed by atoms with Crippen LogP contribution in [-0.4, -0.2) is 23.0 Å². The van der Waals surface area contributed by atoms with Crippen molar-refractivity contribution in [2.24, 2.45) is 11.3 Å². The smallest absolute Gasteiger partial charge is 0.223 e. The molecule has 0 aromatic heterocycles. The second-order valence-electron chi connectivity index (χ2n) is 5.50. The molecule has 0 bridgehead atoms. The van der Waals surface area contributed by atoms with E-state index in [1.807, 2.05) is 11.8 Å². The molecule has 1 N–H and O–H groups in total. The highest BCUT2D eigenvalue weighted by molar-refractivity contribution is 8.00. The summed E-state index contributed by atoms with van der Waals surface area (Å²) < 4.78 is 0. The van der Waals surface area contributed by atoms with Crippen molar-refractivity contribution >= 4 is 17.7 Å². The Labute approximate surface area is 95.6 Å². The number of rotatable bonds is 0. The van der Waals surface area contributed by atoms with Crippen molar-refractivity contribution in [3.63, 3.8) is 0 Å². The van der Waals surface area contributed by atoms with Gasteiger partial charge in [-0.05, 0) is 12.8 Å². The van der Waals surface area contributed by atoms with Crippen LogP contribution in [-0.2, 0) is 4.79 Å². The molecule has 3 aliphatic rings. The molecule has 15 heavy (non-hydrogen) atoms. The average Bonchev–Trinajstić information content (AvgIpc) is 2.36. The van der Waals surface area contributed by atoms with E-state index in [1.165, 1.54) is 43.6 Å². The molecule has 84 valence electrons. The minimum Gasteiger partial charge on any atom is -0.350 e. The Bertz CT molecular complexity index is 292. The van der Waals surface area contributed by atoms with E-state index in [0.717, 1.165) is 0 Å². The number of carbonyl (C=O) groups is 1. The lowest BCUT2D eigenvalue weighted by molar-refractivity contribution is -0.123. The molecule has 1 unspecified atom stereocenters. The summed E-state index contributed by atoms with van der Waals surface area (Å²) in [6.07, 6.45) is 6.42. The van der Waals surface area contributed by atoms with Crippen molar-refractivity contribution < 1.29 is 4.79 Å². The largest absolute Gasteiger partial charge is 0.350 e. The zero-order chi connectivity index (χ0) is 10.5. The Morgan fingerprint density at radius 1 is 1.27 bits per heavy atom. The second-order valence-corrected chi connectivity index (χ2v) is 6.49. The zero-order valence-corrected chi connectivity index (χ0v) is 10.2. The molecule has 2 nitrogen and oxygen atoms in total. The van der Waals surface area contributed by atoms with Crippen LogP contribution in [0.4, 0.5) is 0 Å². The maximum Gasteiger partial charge on any atom is 0.223 e. The maximum absolute atomic E-state index is 11.9. The molecule has 0 aromatic carbocycles. The topological polar surface area (TPSA) is 29.1 Å². The van der Waals surface area contributed by atoms with Crippen LogP contribution in [0.25, 0.3) is 0 Å². The molecule has 0 aromatic rings. The first kappa shape index (κ1) is 10.0. The number of amides is 1. The van der Waals surface area contributed by atoms with E-state index in [0.29, 0.717) is 11.3 Å². The molecule has 2 saturated heterocycles. The number of fused-ring (bicyclic) bond motifs is 1. The van der Waals surface area contributed by atoms with Gasteiger partial charge in [-0.25, -0.2) is 0 Å². The second kappa shape index (κ2) is 3.16. The molecule has 2 spiro atoms. The highest BCUT2D eigenvalue weighted by atomic mass is 32.2. The minimum absolute atomic E-state index is 0.188. The van der Waals surface area contributed by atoms with Gasteiger partial charge in [0.1, 0.15) is 0 Å². The quantitative estimate of drug-likeness (QED) is 0.684. The van der Waals surface area contributed by atoms with Crippen LogP contribution in [0, 0.1) is 11.3 Å². The molecule has 1 saturated carbocycles. The predicted molar refractivity (Wildman–Crippen MR) is 62.9 cm³/mol.